The Hall–Kier alpha value is -0.0400. The van der Waals surface area contributed by atoms with Crippen molar-refractivity contribution < 1.29 is 5.11 Å². The normalized spacial score (nSPS) is 30.0. The maximum atomic E-state index is 9.22. The van der Waals surface area contributed by atoms with Crippen molar-refractivity contribution in [1.82, 2.24) is 0 Å². The van der Waals surface area contributed by atoms with Crippen LogP contribution >= 0.6 is 0 Å². The molecule has 0 aliphatic heterocycles. The van der Waals surface area contributed by atoms with Crippen LogP contribution in [0, 0.1) is 17.3 Å². The summed E-state index contributed by atoms with van der Waals surface area (Å²) in [6, 6.07) is 0. The van der Waals surface area contributed by atoms with Gasteiger partial charge < -0.3 is 5.11 Å². The summed E-state index contributed by atoms with van der Waals surface area (Å²) in [5.74, 6) is 1.68. The minimum Gasteiger partial charge on any atom is -0.396 e. The maximum absolute atomic E-state index is 9.22. The fraction of sp³-hybridized carbons (Fsp3) is 1.00. The highest BCUT2D eigenvalue weighted by atomic mass is 16.3. The second-order valence-electron chi connectivity index (χ2n) is 4.88. The van der Waals surface area contributed by atoms with Gasteiger partial charge in [0.15, 0.2) is 0 Å². The molecule has 0 heterocycles. The minimum absolute atomic E-state index is 0.165. The molecule has 1 rings (SSSR count). The Balaban J connectivity index is 2.42. The third-order valence-corrected chi connectivity index (χ3v) is 3.49. The van der Waals surface area contributed by atoms with Gasteiger partial charge in [-0.1, -0.05) is 33.6 Å². The van der Waals surface area contributed by atoms with Crippen LogP contribution in [0.3, 0.4) is 0 Å². The molecule has 1 saturated carbocycles. The van der Waals surface area contributed by atoms with E-state index in [-0.39, 0.29) is 5.41 Å². The molecule has 1 nitrogen and oxygen atoms in total. The van der Waals surface area contributed by atoms with Crippen LogP contribution in [0.4, 0.5) is 0 Å². The van der Waals surface area contributed by atoms with Crippen LogP contribution in [0.25, 0.3) is 0 Å². The van der Waals surface area contributed by atoms with Gasteiger partial charge in [0.2, 0.25) is 0 Å². The van der Waals surface area contributed by atoms with Gasteiger partial charge in [0.1, 0.15) is 0 Å². The fourth-order valence-electron chi connectivity index (χ4n) is 2.43. The average molecular weight is 170 g/mol. The first kappa shape index (κ1) is 10.0. The lowest BCUT2D eigenvalue weighted by molar-refractivity contribution is -0.00380. The minimum atomic E-state index is 0.165. The van der Waals surface area contributed by atoms with Gasteiger partial charge in [0.05, 0.1) is 0 Å². The zero-order valence-electron chi connectivity index (χ0n) is 8.64. The maximum Gasteiger partial charge on any atom is 0.0484 e. The van der Waals surface area contributed by atoms with Gasteiger partial charge in [0, 0.05) is 6.61 Å². The fourth-order valence-corrected chi connectivity index (χ4v) is 2.43. The van der Waals surface area contributed by atoms with Crippen LogP contribution in [0.2, 0.25) is 0 Å². The molecule has 0 radical (unpaired) electrons. The number of aliphatic hydroxyl groups excluding tert-OH is 1. The molecule has 0 aromatic heterocycles. The summed E-state index contributed by atoms with van der Waals surface area (Å²) >= 11 is 0. The molecule has 1 heteroatoms. The van der Waals surface area contributed by atoms with Gasteiger partial charge in [-0.25, -0.2) is 0 Å². The highest BCUT2D eigenvalue weighted by Crippen LogP contribution is 2.47. The topological polar surface area (TPSA) is 20.2 Å². The Bertz CT molecular complexity index is 140. The van der Waals surface area contributed by atoms with Gasteiger partial charge in [-0.3, -0.25) is 0 Å². The highest BCUT2D eigenvalue weighted by Gasteiger charge is 2.40. The molecule has 1 aliphatic rings. The van der Waals surface area contributed by atoms with E-state index in [2.05, 4.69) is 20.8 Å². The summed E-state index contributed by atoms with van der Waals surface area (Å²) in [5.41, 5.74) is 0.165. The predicted molar refractivity (Wildman–Crippen MR) is 52.0 cm³/mol. The summed E-state index contributed by atoms with van der Waals surface area (Å²) < 4.78 is 0. The Morgan fingerprint density at radius 2 is 2.00 bits per heavy atom. The van der Waals surface area contributed by atoms with Crippen molar-refractivity contribution >= 4 is 0 Å². The zero-order valence-corrected chi connectivity index (χ0v) is 8.64. The Labute approximate surface area is 76.2 Å². The summed E-state index contributed by atoms with van der Waals surface area (Å²) in [6.07, 6.45) is 5.37. The molecule has 0 spiro atoms. The second-order valence-corrected chi connectivity index (χ2v) is 4.88. The molecule has 2 atom stereocenters. The van der Waals surface area contributed by atoms with Crippen LogP contribution in [-0.2, 0) is 0 Å². The summed E-state index contributed by atoms with van der Waals surface area (Å²) in [7, 11) is 0. The molecule has 0 saturated heterocycles. The molecular weight excluding hydrogens is 148 g/mol. The van der Waals surface area contributed by atoms with Gasteiger partial charge in [-0.2, -0.15) is 0 Å². The smallest absolute Gasteiger partial charge is 0.0484 e. The lowest BCUT2D eigenvalue weighted by atomic mass is 9.60. The predicted octanol–water partition coefficient (Wildman–Crippen LogP) is 2.83. The molecule has 72 valence electrons. The highest BCUT2D eigenvalue weighted by molar-refractivity contribution is 4.90. The molecule has 12 heavy (non-hydrogen) atoms. The van der Waals surface area contributed by atoms with E-state index < -0.39 is 0 Å². The molecule has 1 fully saturated rings. The van der Waals surface area contributed by atoms with Gasteiger partial charge in [0.25, 0.3) is 0 Å². The van der Waals surface area contributed by atoms with Gasteiger partial charge in [-0.05, 0) is 30.1 Å². The first-order chi connectivity index (χ1) is 5.61. The number of aliphatic hydroxyl groups is 1. The molecule has 0 aromatic carbocycles. The monoisotopic (exact) mass is 170 g/mol. The van der Waals surface area contributed by atoms with E-state index in [9.17, 15) is 5.11 Å². The van der Waals surface area contributed by atoms with Crippen molar-refractivity contribution in [2.24, 2.45) is 17.3 Å². The zero-order chi connectivity index (χ0) is 9.19. The van der Waals surface area contributed by atoms with E-state index >= 15 is 0 Å². The second kappa shape index (κ2) is 3.78. The van der Waals surface area contributed by atoms with Crippen molar-refractivity contribution in [2.45, 2.75) is 46.5 Å². The largest absolute Gasteiger partial charge is 0.396 e. The van der Waals surface area contributed by atoms with E-state index in [1.165, 1.54) is 25.7 Å². The third kappa shape index (κ3) is 1.82. The Morgan fingerprint density at radius 1 is 1.33 bits per heavy atom. The lowest BCUT2D eigenvalue weighted by Crippen LogP contribution is -2.40. The third-order valence-electron chi connectivity index (χ3n) is 3.49. The van der Waals surface area contributed by atoms with E-state index in [1.54, 1.807) is 0 Å². The molecule has 2 unspecified atom stereocenters. The summed E-state index contributed by atoms with van der Waals surface area (Å²) in [6.45, 7) is 6.98. The summed E-state index contributed by atoms with van der Waals surface area (Å²) in [5, 5.41) is 9.22. The first-order valence-corrected chi connectivity index (χ1v) is 5.22. The Kier molecular flexibility index (Phi) is 3.16. The van der Waals surface area contributed by atoms with Crippen molar-refractivity contribution in [1.29, 1.82) is 0 Å². The van der Waals surface area contributed by atoms with Crippen LogP contribution in [0.1, 0.15) is 46.5 Å². The quantitative estimate of drug-likeness (QED) is 0.688. The molecule has 0 bridgehead atoms. The molecule has 1 N–H and O–H groups in total. The standard InChI is InChI=1S/C11H22O/c1-4-5-9-6-7-10(9)11(2,3)8-12/h9-10,12H,4-8H2,1-3H3. The van der Waals surface area contributed by atoms with E-state index in [0.29, 0.717) is 6.61 Å². The molecule has 0 aromatic rings. The Morgan fingerprint density at radius 3 is 2.33 bits per heavy atom. The number of hydrogen-bond acceptors (Lipinski definition) is 1. The lowest BCUT2D eigenvalue weighted by Gasteiger charge is -2.46. The van der Waals surface area contributed by atoms with Crippen LogP contribution < -0.4 is 0 Å². The SMILES string of the molecule is CCCC1CCC1C(C)(C)CO. The summed E-state index contributed by atoms with van der Waals surface area (Å²) in [4.78, 5) is 0. The van der Waals surface area contributed by atoms with Crippen molar-refractivity contribution in [3.63, 3.8) is 0 Å². The number of hydrogen-bond donors (Lipinski definition) is 1. The van der Waals surface area contributed by atoms with E-state index in [0.717, 1.165) is 11.8 Å². The van der Waals surface area contributed by atoms with Crippen molar-refractivity contribution in [2.75, 3.05) is 6.61 Å². The van der Waals surface area contributed by atoms with Gasteiger partial charge >= 0.3 is 0 Å². The van der Waals surface area contributed by atoms with Gasteiger partial charge in [-0.15, -0.1) is 0 Å². The molecule has 0 amide bonds. The van der Waals surface area contributed by atoms with Crippen molar-refractivity contribution in [3.05, 3.63) is 0 Å². The number of rotatable bonds is 4. The van der Waals surface area contributed by atoms with Crippen molar-refractivity contribution in [3.8, 4) is 0 Å². The molecule has 1 aliphatic carbocycles. The first-order valence-electron chi connectivity index (χ1n) is 5.22. The van der Waals surface area contributed by atoms with E-state index in [4.69, 9.17) is 0 Å². The van der Waals surface area contributed by atoms with Crippen LogP contribution in [0.5, 0.6) is 0 Å². The van der Waals surface area contributed by atoms with Crippen LogP contribution in [0.15, 0.2) is 0 Å². The average Bonchev–Trinajstić information content (AvgIpc) is 1.97. The van der Waals surface area contributed by atoms with Crippen LogP contribution in [-0.4, -0.2) is 11.7 Å². The molecular formula is C11H22O. The van der Waals surface area contributed by atoms with E-state index in [1.807, 2.05) is 0 Å².